The van der Waals surface area contributed by atoms with Crippen LogP contribution in [0.5, 0.6) is 0 Å². The predicted molar refractivity (Wildman–Crippen MR) is 153 cm³/mol. The molecule has 0 nitrogen and oxygen atoms in total. The average Bonchev–Trinajstić information content (AvgIpc) is 3.60. The van der Waals surface area contributed by atoms with Crippen molar-refractivity contribution in [3.63, 3.8) is 0 Å². The SMILES string of the molecule is CC[C](CC)=[Ti+2]([C]1=CC=CC1)[c]1cc(-c2ccccc2)cc2c1Cc1ccc(-c3ccccc3)cc1-2.[Cl-].[Cl-]. The minimum absolute atomic E-state index is 0. The predicted octanol–water partition coefficient (Wildman–Crippen LogP) is 2.68. The van der Waals surface area contributed by atoms with Gasteiger partial charge in [-0.25, -0.2) is 0 Å². The quantitative estimate of drug-likeness (QED) is 0.275. The molecule has 0 spiro atoms. The number of benzene rings is 4. The Balaban J connectivity index is 0.00000168. The molecule has 3 heteroatoms. The molecular formula is C35H32Cl2Ti. The summed E-state index contributed by atoms with van der Waals surface area (Å²) in [5.41, 5.74) is 11.2. The Hall–Kier alpha value is -2.48. The summed E-state index contributed by atoms with van der Waals surface area (Å²) in [6.07, 6.45) is 11.7. The van der Waals surface area contributed by atoms with Crippen molar-refractivity contribution in [2.75, 3.05) is 0 Å². The van der Waals surface area contributed by atoms with E-state index in [4.69, 9.17) is 0 Å². The van der Waals surface area contributed by atoms with Crippen molar-refractivity contribution in [1.82, 2.24) is 0 Å². The smallest absolute Gasteiger partial charge is 1.00 e. The fraction of sp³-hybridized carbons (Fsp3) is 0.171. The molecule has 0 fully saturated rings. The van der Waals surface area contributed by atoms with Gasteiger partial charge in [-0.15, -0.1) is 0 Å². The second-order valence-electron chi connectivity index (χ2n) is 9.84. The van der Waals surface area contributed by atoms with Crippen molar-refractivity contribution < 1.29 is 42.2 Å². The van der Waals surface area contributed by atoms with Gasteiger partial charge in [0.1, 0.15) is 0 Å². The van der Waals surface area contributed by atoms with Crippen LogP contribution in [0.4, 0.5) is 0 Å². The van der Waals surface area contributed by atoms with Crippen molar-refractivity contribution >= 4 is 7.68 Å². The van der Waals surface area contributed by atoms with Gasteiger partial charge in [0, 0.05) is 0 Å². The Morgan fingerprint density at radius 2 is 1.32 bits per heavy atom. The molecule has 0 N–H and O–H groups in total. The van der Waals surface area contributed by atoms with Crippen LogP contribution in [0.2, 0.25) is 0 Å². The van der Waals surface area contributed by atoms with Gasteiger partial charge < -0.3 is 24.8 Å². The molecule has 2 aliphatic carbocycles. The fourth-order valence-corrected chi connectivity index (χ4v) is 11.1. The first kappa shape index (κ1) is 28.5. The monoisotopic (exact) mass is 570 g/mol. The number of rotatable bonds is 6. The van der Waals surface area contributed by atoms with Crippen molar-refractivity contribution in [3.05, 3.63) is 124 Å². The van der Waals surface area contributed by atoms with Gasteiger partial charge in [-0.1, -0.05) is 0 Å². The Morgan fingerprint density at radius 1 is 0.684 bits per heavy atom. The Bertz CT molecular complexity index is 1520. The molecular weight excluding hydrogens is 539 g/mol. The number of hydrogen-bond donors (Lipinski definition) is 0. The van der Waals surface area contributed by atoms with Crippen LogP contribution in [0.1, 0.15) is 44.2 Å². The normalized spacial score (nSPS) is 12.4. The molecule has 0 unspecified atom stereocenters. The van der Waals surface area contributed by atoms with Crippen LogP contribution >= 0.6 is 0 Å². The summed E-state index contributed by atoms with van der Waals surface area (Å²) in [5, 5.41) is 0. The zero-order chi connectivity index (χ0) is 24.5. The van der Waals surface area contributed by atoms with Gasteiger partial charge in [0.05, 0.1) is 0 Å². The van der Waals surface area contributed by atoms with E-state index in [1.807, 2.05) is 0 Å². The second kappa shape index (κ2) is 12.6. The molecule has 6 rings (SSSR count). The molecule has 0 saturated heterocycles. The Labute approximate surface area is 245 Å². The van der Waals surface area contributed by atoms with Gasteiger partial charge in [0.2, 0.25) is 0 Å². The van der Waals surface area contributed by atoms with E-state index < -0.39 is 17.4 Å². The summed E-state index contributed by atoms with van der Waals surface area (Å²) in [5.74, 6) is 0. The van der Waals surface area contributed by atoms with Crippen molar-refractivity contribution in [3.8, 4) is 33.4 Å². The number of hydrogen-bond acceptors (Lipinski definition) is 0. The van der Waals surface area contributed by atoms with Crippen LogP contribution in [0.3, 0.4) is 0 Å². The molecule has 0 atom stereocenters. The first-order chi connectivity index (χ1) is 17.8. The molecule has 0 aromatic heterocycles. The molecule has 0 saturated carbocycles. The molecule has 2 aliphatic rings. The van der Waals surface area contributed by atoms with E-state index in [9.17, 15) is 0 Å². The summed E-state index contributed by atoms with van der Waals surface area (Å²) in [6, 6.07) is 34.0. The van der Waals surface area contributed by atoms with E-state index in [0.29, 0.717) is 0 Å². The Morgan fingerprint density at radius 3 is 1.92 bits per heavy atom. The minimum Gasteiger partial charge on any atom is -1.00 e. The number of allylic oxidation sites excluding steroid dienone is 4. The van der Waals surface area contributed by atoms with Crippen molar-refractivity contribution in [2.24, 2.45) is 0 Å². The third kappa shape index (κ3) is 5.34. The molecule has 0 bridgehead atoms. The molecule has 190 valence electrons. The third-order valence-electron chi connectivity index (χ3n) is 7.80. The number of fused-ring (bicyclic) bond motifs is 3. The van der Waals surface area contributed by atoms with Crippen LogP contribution in [0, 0.1) is 0 Å². The zero-order valence-corrected chi connectivity index (χ0v) is 25.1. The van der Waals surface area contributed by atoms with E-state index in [0.717, 1.165) is 12.8 Å². The fourth-order valence-electron chi connectivity index (χ4n) is 5.93. The van der Waals surface area contributed by atoms with Gasteiger partial charge >= 0.3 is 222 Å². The van der Waals surface area contributed by atoms with E-state index in [1.54, 1.807) is 17.1 Å². The molecule has 0 aliphatic heterocycles. The molecule has 4 aromatic carbocycles. The molecule has 0 heterocycles. The van der Waals surface area contributed by atoms with Crippen LogP contribution in [-0.2, 0) is 23.8 Å². The Kier molecular flexibility index (Phi) is 9.45. The summed E-state index contributed by atoms with van der Waals surface area (Å²) >= 11 is -1.81. The van der Waals surface area contributed by atoms with Gasteiger partial charge in [-0.2, -0.15) is 0 Å². The van der Waals surface area contributed by atoms with Crippen molar-refractivity contribution in [2.45, 2.75) is 39.5 Å². The first-order valence-electron chi connectivity index (χ1n) is 13.3. The number of halogens is 2. The second-order valence-corrected chi connectivity index (χ2v) is 14.0. The largest absolute Gasteiger partial charge is 1.00 e. The summed E-state index contributed by atoms with van der Waals surface area (Å²) in [4.78, 5) is 0. The maximum absolute atomic E-state index is 2.58. The standard InChI is InChI=1S/C25H17.C5H5.C5H10.2ClH.Ti/c1-3-7-18(8-4-1)20-11-13-22-15-23-14-12-21(17-25(23)24(22)16-20)19-9-5-2-6-10-19;1-2-4-5-3-1;1-3-5-4-2;;;/h1-13,16-17H,15H2;1-3H,4H2;3-4H2,1-2H3;2*1H;/q;;;;;+2/p-2. The maximum atomic E-state index is 2.58. The van der Waals surface area contributed by atoms with E-state index >= 15 is 0 Å². The summed E-state index contributed by atoms with van der Waals surface area (Å²) in [7, 11) is 0. The summed E-state index contributed by atoms with van der Waals surface area (Å²) in [6.45, 7) is 4.74. The van der Waals surface area contributed by atoms with Gasteiger partial charge in [0.15, 0.2) is 0 Å². The van der Waals surface area contributed by atoms with Crippen LogP contribution in [-0.4, -0.2) is 3.81 Å². The average molecular weight is 571 g/mol. The van der Waals surface area contributed by atoms with Crippen molar-refractivity contribution in [1.29, 1.82) is 0 Å². The van der Waals surface area contributed by atoms with E-state index in [2.05, 4.69) is 123 Å². The van der Waals surface area contributed by atoms with E-state index in [1.165, 1.54) is 51.8 Å². The van der Waals surface area contributed by atoms with Gasteiger partial charge in [0.25, 0.3) is 0 Å². The molecule has 0 amide bonds. The van der Waals surface area contributed by atoms with Gasteiger partial charge in [-0.05, 0) is 0 Å². The van der Waals surface area contributed by atoms with Crippen LogP contribution in [0.15, 0.2) is 113 Å². The molecule has 0 radical (unpaired) electrons. The molecule has 4 aromatic rings. The topological polar surface area (TPSA) is 0 Å². The maximum Gasteiger partial charge on any atom is -1.00 e. The third-order valence-corrected chi connectivity index (χ3v) is 13.1. The van der Waals surface area contributed by atoms with Crippen LogP contribution in [0.25, 0.3) is 33.4 Å². The van der Waals surface area contributed by atoms with Crippen LogP contribution < -0.4 is 28.7 Å². The minimum atomic E-state index is -1.81. The molecule has 38 heavy (non-hydrogen) atoms. The first-order valence-corrected chi connectivity index (χ1v) is 15.6. The summed E-state index contributed by atoms with van der Waals surface area (Å²) < 4.78 is 5.19. The van der Waals surface area contributed by atoms with E-state index in [-0.39, 0.29) is 24.8 Å². The van der Waals surface area contributed by atoms with Gasteiger partial charge in [-0.3, -0.25) is 0 Å². The zero-order valence-electron chi connectivity index (χ0n) is 22.0.